The fraction of sp³-hybridized carbons (Fsp3) is 0.0588. The molecule has 1 aliphatic rings. The molecule has 9 heteroatoms. The molecule has 1 amide bonds. The molecule has 130 valence electrons. The second-order valence-electron chi connectivity index (χ2n) is 5.54. The zero-order valence-electron chi connectivity index (χ0n) is 13.3. The zero-order chi connectivity index (χ0) is 18.3. The first-order valence-electron chi connectivity index (χ1n) is 7.47. The number of halogens is 2. The molecule has 1 fully saturated rings. The first-order chi connectivity index (χ1) is 12.5. The first kappa shape index (κ1) is 17.1. The number of hydrogen-bond acceptors (Lipinski definition) is 6. The van der Waals surface area contributed by atoms with Crippen molar-refractivity contribution in [2.24, 2.45) is 4.99 Å². The van der Waals surface area contributed by atoms with Crippen LogP contribution in [0.1, 0.15) is 11.1 Å². The van der Waals surface area contributed by atoms with Crippen LogP contribution in [0.15, 0.2) is 40.2 Å². The summed E-state index contributed by atoms with van der Waals surface area (Å²) in [7, 11) is 0. The number of nitrogens with one attached hydrogen (secondary N) is 1. The van der Waals surface area contributed by atoms with Gasteiger partial charge in [-0.25, -0.2) is 9.38 Å². The summed E-state index contributed by atoms with van der Waals surface area (Å²) in [5, 5.41) is 3.33. The Morgan fingerprint density at radius 2 is 2.00 bits per heavy atom. The van der Waals surface area contributed by atoms with Gasteiger partial charge in [-0.15, -0.1) is 0 Å². The van der Waals surface area contributed by atoms with Crippen LogP contribution in [0.25, 0.3) is 17.1 Å². The number of amides is 1. The number of nitrogens with zero attached hydrogens (tertiary/aromatic N) is 3. The largest absolute Gasteiger partial charge is 0.300 e. The molecule has 1 saturated heterocycles. The molecule has 0 atom stereocenters. The van der Waals surface area contributed by atoms with Gasteiger partial charge in [0.1, 0.15) is 16.9 Å². The van der Waals surface area contributed by atoms with Crippen LogP contribution >= 0.6 is 35.1 Å². The molecular formula is C17H10ClFN4OS2. The SMILES string of the molecule is Cc1cc2nsnc2cc1/C=C1\SC(=Nc2cc(F)ccc2Cl)NC1=O. The summed E-state index contributed by atoms with van der Waals surface area (Å²) in [5.41, 5.74) is 3.76. The number of hydrogen-bond donors (Lipinski definition) is 1. The van der Waals surface area contributed by atoms with Crippen molar-refractivity contribution in [3.8, 4) is 0 Å². The third kappa shape index (κ3) is 3.35. The topological polar surface area (TPSA) is 67.2 Å². The van der Waals surface area contributed by atoms with E-state index >= 15 is 0 Å². The van der Waals surface area contributed by atoms with Crippen LogP contribution in [0.5, 0.6) is 0 Å². The van der Waals surface area contributed by atoms with Crippen LogP contribution in [0.2, 0.25) is 5.02 Å². The molecule has 0 bridgehead atoms. The van der Waals surface area contributed by atoms with E-state index in [1.54, 1.807) is 6.08 Å². The number of rotatable bonds is 2. The van der Waals surface area contributed by atoms with Gasteiger partial charge in [0.2, 0.25) is 0 Å². The van der Waals surface area contributed by atoms with E-state index in [1.165, 1.54) is 30.0 Å². The van der Waals surface area contributed by atoms with Crippen LogP contribution in [0.4, 0.5) is 10.1 Å². The van der Waals surface area contributed by atoms with Crippen molar-refractivity contribution >= 4 is 69.0 Å². The van der Waals surface area contributed by atoms with Gasteiger partial charge in [-0.2, -0.15) is 8.75 Å². The Morgan fingerprint density at radius 1 is 1.23 bits per heavy atom. The van der Waals surface area contributed by atoms with Crippen LogP contribution in [-0.2, 0) is 4.79 Å². The Morgan fingerprint density at radius 3 is 2.81 bits per heavy atom. The fourth-order valence-electron chi connectivity index (χ4n) is 2.41. The van der Waals surface area contributed by atoms with Gasteiger partial charge in [-0.3, -0.25) is 4.79 Å². The number of benzene rings is 2. The van der Waals surface area contributed by atoms with Crippen LogP contribution in [0.3, 0.4) is 0 Å². The number of carbonyl (C=O) groups is 1. The number of aliphatic imine (C=N–C) groups is 1. The Balaban J connectivity index is 1.67. The van der Waals surface area contributed by atoms with E-state index in [2.05, 4.69) is 19.1 Å². The van der Waals surface area contributed by atoms with E-state index in [0.717, 1.165) is 33.9 Å². The van der Waals surface area contributed by atoms with Crippen molar-refractivity contribution < 1.29 is 9.18 Å². The fourth-order valence-corrected chi connectivity index (χ4v) is 3.90. The number of carbonyl (C=O) groups excluding carboxylic acids is 1. The molecule has 4 rings (SSSR count). The lowest BCUT2D eigenvalue weighted by Crippen LogP contribution is -2.19. The van der Waals surface area contributed by atoms with Gasteiger partial charge in [0, 0.05) is 6.07 Å². The maximum absolute atomic E-state index is 13.4. The molecular weight excluding hydrogens is 395 g/mol. The predicted molar refractivity (Wildman–Crippen MR) is 104 cm³/mol. The minimum atomic E-state index is -0.445. The predicted octanol–water partition coefficient (Wildman–Crippen LogP) is 4.68. The molecule has 0 unspecified atom stereocenters. The van der Waals surface area contributed by atoms with Gasteiger partial charge in [0.05, 0.1) is 27.3 Å². The standard InChI is InChI=1S/C17H10ClFN4OS2/c1-8-4-13-14(23-26-22-13)5-9(8)6-15-16(24)21-17(25-15)20-12-7-10(19)2-3-11(12)18/h2-7H,1H3,(H,20,21,24)/b15-6-. The van der Waals surface area contributed by atoms with Crippen molar-refractivity contribution in [2.45, 2.75) is 6.92 Å². The number of aromatic nitrogens is 2. The summed E-state index contributed by atoms with van der Waals surface area (Å²) in [6.45, 7) is 1.95. The maximum atomic E-state index is 13.4. The maximum Gasteiger partial charge on any atom is 0.264 e. The summed E-state index contributed by atoms with van der Waals surface area (Å²) >= 11 is 8.35. The summed E-state index contributed by atoms with van der Waals surface area (Å²) in [5.74, 6) is -0.711. The lowest BCUT2D eigenvalue weighted by atomic mass is 10.1. The van der Waals surface area contributed by atoms with E-state index in [4.69, 9.17) is 11.6 Å². The molecule has 0 spiro atoms. The molecule has 2 heterocycles. The summed E-state index contributed by atoms with van der Waals surface area (Å²) in [6, 6.07) is 7.73. The number of aryl methyl sites for hydroxylation is 1. The Labute approximate surface area is 161 Å². The monoisotopic (exact) mass is 404 g/mol. The lowest BCUT2D eigenvalue weighted by Gasteiger charge is -2.01. The van der Waals surface area contributed by atoms with Gasteiger partial charge in [-0.05, 0) is 60.2 Å². The van der Waals surface area contributed by atoms with Crippen LogP contribution in [0, 0.1) is 12.7 Å². The van der Waals surface area contributed by atoms with Crippen LogP contribution < -0.4 is 5.32 Å². The van der Waals surface area contributed by atoms with E-state index in [0.29, 0.717) is 15.1 Å². The van der Waals surface area contributed by atoms with Crippen molar-refractivity contribution in [2.75, 3.05) is 0 Å². The molecule has 1 aliphatic heterocycles. The minimum Gasteiger partial charge on any atom is -0.300 e. The van der Waals surface area contributed by atoms with E-state index in [1.807, 2.05) is 19.1 Å². The lowest BCUT2D eigenvalue weighted by molar-refractivity contribution is -0.115. The summed E-state index contributed by atoms with van der Waals surface area (Å²) < 4.78 is 21.8. The van der Waals surface area contributed by atoms with Gasteiger partial charge < -0.3 is 5.32 Å². The molecule has 0 saturated carbocycles. The number of fused-ring (bicyclic) bond motifs is 1. The second-order valence-corrected chi connectivity index (χ2v) is 7.51. The highest BCUT2D eigenvalue weighted by Crippen LogP contribution is 2.32. The molecule has 3 aromatic rings. The van der Waals surface area contributed by atoms with E-state index in [-0.39, 0.29) is 11.6 Å². The smallest absolute Gasteiger partial charge is 0.264 e. The molecule has 0 radical (unpaired) electrons. The second kappa shape index (κ2) is 6.79. The van der Waals surface area contributed by atoms with Crippen LogP contribution in [-0.4, -0.2) is 19.8 Å². The molecule has 1 aromatic heterocycles. The average molecular weight is 405 g/mol. The van der Waals surface area contributed by atoms with Crippen molar-refractivity contribution in [3.05, 3.63) is 57.2 Å². The van der Waals surface area contributed by atoms with E-state index in [9.17, 15) is 9.18 Å². The van der Waals surface area contributed by atoms with Gasteiger partial charge in [0.25, 0.3) is 5.91 Å². The molecule has 0 aliphatic carbocycles. The zero-order valence-corrected chi connectivity index (χ0v) is 15.7. The molecule has 26 heavy (non-hydrogen) atoms. The average Bonchev–Trinajstić information content (AvgIpc) is 3.18. The van der Waals surface area contributed by atoms with Crippen molar-refractivity contribution in [3.63, 3.8) is 0 Å². The molecule has 2 aromatic carbocycles. The summed E-state index contributed by atoms with van der Waals surface area (Å²) in [6.07, 6.45) is 1.78. The van der Waals surface area contributed by atoms with Crippen molar-refractivity contribution in [1.82, 2.24) is 14.1 Å². The van der Waals surface area contributed by atoms with Crippen molar-refractivity contribution in [1.29, 1.82) is 0 Å². The third-order valence-electron chi connectivity index (χ3n) is 3.71. The Bertz CT molecular complexity index is 1110. The van der Waals surface area contributed by atoms with Gasteiger partial charge in [0.15, 0.2) is 5.17 Å². The highest BCUT2D eigenvalue weighted by atomic mass is 35.5. The number of amidine groups is 1. The first-order valence-corrected chi connectivity index (χ1v) is 9.39. The highest BCUT2D eigenvalue weighted by molar-refractivity contribution is 8.18. The highest BCUT2D eigenvalue weighted by Gasteiger charge is 2.24. The van der Waals surface area contributed by atoms with Gasteiger partial charge >= 0.3 is 0 Å². The number of thioether (sulfide) groups is 1. The van der Waals surface area contributed by atoms with E-state index < -0.39 is 5.82 Å². The molecule has 5 nitrogen and oxygen atoms in total. The van der Waals surface area contributed by atoms with Gasteiger partial charge in [-0.1, -0.05) is 11.6 Å². The normalized spacial score (nSPS) is 17.4. The molecule has 1 N–H and O–H groups in total. The minimum absolute atomic E-state index is 0.266. The Kier molecular flexibility index (Phi) is 4.47. The summed E-state index contributed by atoms with van der Waals surface area (Å²) in [4.78, 5) is 17.0. The Hall–Kier alpha value is -2.29. The third-order valence-corrected chi connectivity index (χ3v) is 5.50. The quantitative estimate of drug-likeness (QED) is 0.629.